The van der Waals surface area contributed by atoms with E-state index in [0.717, 1.165) is 17.1 Å². The second-order valence-electron chi connectivity index (χ2n) is 5.82. The van der Waals surface area contributed by atoms with Gasteiger partial charge < -0.3 is 19.7 Å². The molecule has 0 bridgehead atoms. The predicted octanol–water partition coefficient (Wildman–Crippen LogP) is 4.12. The fourth-order valence-electron chi connectivity index (χ4n) is 2.65. The third kappa shape index (κ3) is 4.17. The first-order chi connectivity index (χ1) is 13.1. The highest BCUT2D eigenvalue weighted by Gasteiger charge is 2.15. The molecule has 0 fully saturated rings. The number of para-hydroxylation sites is 1. The van der Waals surface area contributed by atoms with E-state index in [-0.39, 0.29) is 5.91 Å². The number of benzene rings is 2. The summed E-state index contributed by atoms with van der Waals surface area (Å²) in [5, 5.41) is 3.26. The molecule has 27 heavy (non-hydrogen) atoms. The first kappa shape index (κ1) is 18.3. The molecule has 0 aliphatic rings. The van der Waals surface area contributed by atoms with Crippen molar-refractivity contribution < 1.29 is 14.3 Å². The Hall–Kier alpha value is -3.54. The number of hydrogen-bond donors (Lipinski definition) is 1. The number of aromatic nitrogens is 1. The number of methoxy groups -OCH3 is 2. The van der Waals surface area contributed by atoms with Crippen LogP contribution >= 0.6 is 0 Å². The van der Waals surface area contributed by atoms with Gasteiger partial charge in [0.1, 0.15) is 5.69 Å². The van der Waals surface area contributed by atoms with Crippen LogP contribution in [0.15, 0.2) is 66.9 Å². The van der Waals surface area contributed by atoms with Gasteiger partial charge in [0.15, 0.2) is 11.5 Å². The Morgan fingerprint density at radius 1 is 0.926 bits per heavy atom. The highest BCUT2D eigenvalue weighted by molar-refractivity contribution is 6.04. The SMILES string of the molecule is COc1ccc(Nc2ccnc(C(=O)N(C)c3ccccc3)c2)cc1OC. The first-order valence-electron chi connectivity index (χ1n) is 8.40. The van der Waals surface area contributed by atoms with Crippen LogP contribution in [0.4, 0.5) is 17.1 Å². The molecule has 0 saturated heterocycles. The molecule has 1 aromatic heterocycles. The van der Waals surface area contributed by atoms with Crippen LogP contribution in [-0.4, -0.2) is 32.2 Å². The van der Waals surface area contributed by atoms with Crippen molar-refractivity contribution in [3.8, 4) is 11.5 Å². The monoisotopic (exact) mass is 363 g/mol. The summed E-state index contributed by atoms with van der Waals surface area (Å²) < 4.78 is 10.6. The zero-order valence-corrected chi connectivity index (χ0v) is 15.5. The van der Waals surface area contributed by atoms with Crippen molar-refractivity contribution in [3.05, 3.63) is 72.6 Å². The third-order valence-corrected chi connectivity index (χ3v) is 4.10. The van der Waals surface area contributed by atoms with Crippen LogP contribution in [0.1, 0.15) is 10.5 Å². The van der Waals surface area contributed by atoms with Crippen molar-refractivity contribution in [2.75, 3.05) is 31.5 Å². The summed E-state index contributed by atoms with van der Waals surface area (Å²) in [5.41, 5.74) is 2.73. The second kappa shape index (κ2) is 8.23. The van der Waals surface area contributed by atoms with Crippen LogP contribution < -0.4 is 19.7 Å². The highest BCUT2D eigenvalue weighted by Crippen LogP contribution is 2.31. The summed E-state index contributed by atoms with van der Waals surface area (Å²) in [7, 11) is 4.91. The topological polar surface area (TPSA) is 63.7 Å². The maximum atomic E-state index is 12.7. The van der Waals surface area contributed by atoms with Gasteiger partial charge in [-0.05, 0) is 36.4 Å². The van der Waals surface area contributed by atoms with E-state index in [1.54, 1.807) is 44.5 Å². The number of pyridine rings is 1. The average Bonchev–Trinajstić information content (AvgIpc) is 2.73. The number of rotatable bonds is 6. The summed E-state index contributed by atoms with van der Waals surface area (Å²) in [6, 6.07) is 18.5. The molecule has 138 valence electrons. The lowest BCUT2D eigenvalue weighted by molar-refractivity contribution is 0.0988. The van der Waals surface area contributed by atoms with E-state index < -0.39 is 0 Å². The number of nitrogens with zero attached hydrogens (tertiary/aromatic N) is 2. The molecule has 6 nitrogen and oxygen atoms in total. The number of carbonyl (C=O) groups is 1. The second-order valence-corrected chi connectivity index (χ2v) is 5.82. The van der Waals surface area contributed by atoms with Crippen LogP contribution in [0.3, 0.4) is 0 Å². The van der Waals surface area contributed by atoms with E-state index in [4.69, 9.17) is 9.47 Å². The minimum absolute atomic E-state index is 0.183. The molecule has 0 saturated carbocycles. The van der Waals surface area contributed by atoms with Crippen molar-refractivity contribution in [2.45, 2.75) is 0 Å². The summed E-state index contributed by atoms with van der Waals surface area (Å²) in [6.07, 6.45) is 1.61. The minimum Gasteiger partial charge on any atom is -0.493 e. The zero-order valence-electron chi connectivity index (χ0n) is 15.5. The van der Waals surface area contributed by atoms with Crippen LogP contribution in [-0.2, 0) is 0 Å². The maximum absolute atomic E-state index is 12.7. The van der Waals surface area contributed by atoms with Gasteiger partial charge in [-0.1, -0.05) is 18.2 Å². The van der Waals surface area contributed by atoms with Crippen LogP contribution in [0, 0.1) is 0 Å². The maximum Gasteiger partial charge on any atom is 0.276 e. The van der Waals surface area contributed by atoms with Crippen LogP contribution in [0.2, 0.25) is 0 Å². The van der Waals surface area contributed by atoms with E-state index in [1.165, 1.54) is 0 Å². The van der Waals surface area contributed by atoms with Gasteiger partial charge in [-0.3, -0.25) is 9.78 Å². The molecular formula is C21H21N3O3. The zero-order chi connectivity index (χ0) is 19.2. The molecule has 1 amide bonds. The molecule has 1 N–H and O–H groups in total. The van der Waals surface area contributed by atoms with Crippen molar-refractivity contribution >= 4 is 23.0 Å². The Morgan fingerprint density at radius 3 is 2.33 bits per heavy atom. The Bertz CT molecular complexity index is 929. The van der Waals surface area contributed by atoms with Gasteiger partial charge >= 0.3 is 0 Å². The molecule has 3 rings (SSSR count). The van der Waals surface area contributed by atoms with E-state index in [0.29, 0.717) is 17.2 Å². The van der Waals surface area contributed by atoms with Gasteiger partial charge in [-0.2, -0.15) is 0 Å². The Labute approximate surface area is 158 Å². The van der Waals surface area contributed by atoms with E-state index >= 15 is 0 Å². The van der Waals surface area contributed by atoms with Crippen LogP contribution in [0.25, 0.3) is 0 Å². The van der Waals surface area contributed by atoms with E-state index in [2.05, 4.69) is 10.3 Å². The van der Waals surface area contributed by atoms with Crippen molar-refractivity contribution in [1.82, 2.24) is 4.98 Å². The molecule has 0 spiro atoms. The Kier molecular flexibility index (Phi) is 5.56. The quantitative estimate of drug-likeness (QED) is 0.714. The minimum atomic E-state index is -0.183. The largest absolute Gasteiger partial charge is 0.493 e. The normalized spacial score (nSPS) is 10.2. The summed E-state index contributed by atoms with van der Waals surface area (Å²) >= 11 is 0. The standard InChI is InChI=1S/C21H21N3O3/c1-24(17-7-5-4-6-8-17)21(25)18-13-16(11-12-22-18)23-15-9-10-19(26-2)20(14-15)27-3/h4-14H,1-3H3,(H,22,23). The number of anilines is 3. The lowest BCUT2D eigenvalue weighted by Crippen LogP contribution is -2.27. The molecule has 3 aromatic rings. The summed E-state index contributed by atoms with van der Waals surface area (Å²) in [6.45, 7) is 0. The summed E-state index contributed by atoms with van der Waals surface area (Å²) in [5.74, 6) is 1.09. The molecule has 0 atom stereocenters. The Morgan fingerprint density at radius 2 is 1.63 bits per heavy atom. The average molecular weight is 363 g/mol. The molecule has 1 heterocycles. The van der Waals surface area contributed by atoms with Crippen LogP contribution in [0.5, 0.6) is 11.5 Å². The first-order valence-corrected chi connectivity index (χ1v) is 8.40. The molecule has 0 radical (unpaired) electrons. The van der Waals surface area contributed by atoms with Gasteiger partial charge in [0.2, 0.25) is 0 Å². The van der Waals surface area contributed by atoms with Gasteiger partial charge in [-0.15, -0.1) is 0 Å². The highest BCUT2D eigenvalue weighted by atomic mass is 16.5. The van der Waals surface area contributed by atoms with Crippen molar-refractivity contribution in [2.24, 2.45) is 0 Å². The number of amides is 1. The lowest BCUT2D eigenvalue weighted by atomic mass is 10.2. The molecule has 6 heteroatoms. The van der Waals surface area contributed by atoms with Gasteiger partial charge in [0.05, 0.1) is 14.2 Å². The summed E-state index contributed by atoms with van der Waals surface area (Å²) in [4.78, 5) is 18.5. The number of hydrogen-bond acceptors (Lipinski definition) is 5. The Balaban J connectivity index is 1.80. The van der Waals surface area contributed by atoms with E-state index in [1.807, 2.05) is 48.5 Å². The number of ether oxygens (including phenoxy) is 2. The van der Waals surface area contributed by atoms with Gasteiger partial charge in [0, 0.05) is 36.4 Å². The molecule has 0 aliphatic heterocycles. The molecule has 2 aromatic carbocycles. The third-order valence-electron chi connectivity index (χ3n) is 4.10. The molecule has 0 unspecified atom stereocenters. The number of nitrogens with one attached hydrogen (secondary N) is 1. The van der Waals surface area contributed by atoms with E-state index in [9.17, 15) is 4.79 Å². The molecule has 0 aliphatic carbocycles. The molecular weight excluding hydrogens is 342 g/mol. The van der Waals surface area contributed by atoms with Gasteiger partial charge in [-0.25, -0.2) is 0 Å². The fraction of sp³-hybridized carbons (Fsp3) is 0.143. The van der Waals surface area contributed by atoms with Crippen molar-refractivity contribution in [1.29, 1.82) is 0 Å². The number of carbonyl (C=O) groups excluding carboxylic acids is 1. The predicted molar refractivity (Wildman–Crippen MR) is 106 cm³/mol. The lowest BCUT2D eigenvalue weighted by Gasteiger charge is -2.17. The van der Waals surface area contributed by atoms with Gasteiger partial charge in [0.25, 0.3) is 5.91 Å². The fourth-order valence-corrected chi connectivity index (χ4v) is 2.65. The van der Waals surface area contributed by atoms with Crippen molar-refractivity contribution in [3.63, 3.8) is 0 Å². The smallest absolute Gasteiger partial charge is 0.276 e.